The third-order valence-corrected chi connectivity index (χ3v) is 3.58. The molecule has 2 aromatic rings. The van der Waals surface area contributed by atoms with Gasteiger partial charge in [0.15, 0.2) is 11.5 Å². The predicted molar refractivity (Wildman–Crippen MR) is 72.0 cm³/mol. The second-order valence-electron chi connectivity index (χ2n) is 4.33. The van der Waals surface area contributed by atoms with Crippen LogP contribution in [0, 0.1) is 6.92 Å². The monoisotopic (exact) mass is 324 g/mol. The average Bonchev–Trinajstić information content (AvgIpc) is 2.98. The van der Waals surface area contributed by atoms with E-state index in [9.17, 15) is 0 Å². The number of halogens is 1. The quantitative estimate of drug-likeness (QED) is 0.937. The second kappa shape index (κ2) is 5.22. The van der Waals surface area contributed by atoms with Crippen molar-refractivity contribution in [1.29, 1.82) is 0 Å². The van der Waals surface area contributed by atoms with E-state index in [-0.39, 0.29) is 6.79 Å². The van der Waals surface area contributed by atoms with E-state index in [2.05, 4.69) is 26.4 Å². The summed E-state index contributed by atoms with van der Waals surface area (Å²) in [5.74, 6) is 2.39. The van der Waals surface area contributed by atoms with Crippen molar-refractivity contribution in [2.45, 2.75) is 20.0 Å². The summed E-state index contributed by atoms with van der Waals surface area (Å²) >= 11 is 3.53. The van der Waals surface area contributed by atoms with Gasteiger partial charge in [0.1, 0.15) is 5.76 Å². The maximum atomic E-state index is 5.36. The van der Waals surface area contributed by atoms with Crippen molar-refractivity contribution in [2.24, 2.45) is 0 Å². The molecule has 1 aliphatic rings. The van der Waals surface area contributed by atoms with Crippen molar-refractivity contribution in [3.05, 3.63) is 39.7 Å². The van der Waals surface area contributed by atoms with Gasteiger partial charge in [0.2, 0.25) is 6.79 Å². The molecule has 0 spiro atoms. The van der Waals surface area contributed by atoms with Crippen molar-refractivity contribution in [1.82, 2.24) is 10.5 Å². The zero-order valence-corrected chi connectivity index (χ0v) is 12.0. The van der Waals surface area contributed by atoms with Crippen LogP contribution < -0.4 is 14.8 Å². The Morgan fingerprint density at radius 1 is 1.21 bits per heavy atom. The number of hydrogen-bond donors (Lipinski definition) is 1. The van der Waals surface area contributed by atoms with Crippen molar-refractivity contribution in [3.8, 4) is 11.5 Å². The Kier molecular flexibility index (Phi) is 3.44. The lowest BCUT2D eigenvalue weighted by Crippen LogP contribution is -2.13. The Hall–Kier alpha value is -1.53. The second-order valence-corrected chi connectivity index (χ2v) is 5.18. The SMILES string of the molecule is Cc1cc(CNCc2cc3c(cc2Br)OCO3)no1. The molecule has 1 N–H and O–H groups in total. The normalized spacial score (nSPS) is 12.9. The fourth-order valence-corrected chi connectivity index (χ4v) is 2.38. The number of rotatable bonds is 4. The lowest BCUT2D eigenvalue weighted by molar-refractivity contribution is 0.174. The summed E-state index contributed by atoms with van der Waals surface area (Å²) in [6.45, 7) is 3.54. The molecule has 6 heteroatoms. The van der Waals surface area contributed by atoms with Gasteiger partial charge in [0.25, 0.3) is 0 Å². The molecular formula is C13H13BrN2O3. The first kappa shape index (κ1) is 12.5. The lowest BCUT2D eigenvalue weighted by atomic mass is 10.2. The Labute approximate surface area is 119 Å². The van der Waals surface area contributed by atoms with Crippen LogP contribution in [0.1, 0.15) is 17.0 Å². The highest BCUT2D eigenvalue weighted by Crippen LogP contribution is 2.36. The van der Waals surface area contributed by atoms with E-state index in [0.717, 1.165) is 33.0 Å². The number of nitrogens with one attached hydrogen (secondary N) is 1. The van der Waals surface area contributed by atoms with Crippen LogP contribution in [0.5, 0.6) is 11.5 Å². The fraction of sp³-hybridized carbons (Fsp3) is 0.308. The molecule has 19 heavy (non-hydrogen) atoms. The summed E-state index contributed by atoms with van der Waals surface area (Å²) < 4.78 is 16.7. The number of hydrogen-bond acceptors (Lipinski definition) is 5. The minimum absolute atomic E-state index is 0.289. The van der Waals surface area contributed by atoms with Gasteiger partial charge in [-0.2, -0.15) is 0 Å². The molecule has 1 aliphatic heterocycles. The molecule has 5 nitrogen and oxygen atoms in total. The van der Waals surface area contributed by atoms with Crippen LogP contribution in [0.2, 0.25) is 0 Å². The van der Waals surface area contributed by atoms with Crippen molar-refractivity contribution < 1.29 is 14.0 Å². The molecule has 0 saturated carbocycles. The molecular weight excluding hydrogens is 312 g/mol. The maximum absolute atomic E-state index is 5.36. The standard InChI is InChI=1S/C13H13BrN2O3/c1-8-2-10(16-19-8)6-15-5-9-3-12-13(4-11(9)14)18-7-17-12/h2-4,15H,5-7H2,1H3. The van der Waals surface area contributed by atoms with Crippen LogP contribution >= 0.6 is 15.9 Å². The Bertz CT molecular complexity index is 598. The van der Waals surface area contributed by atoms with E-state index in [0.29, 0.717) is 13.1 Å². The van der Waals surface area contributed by atoms with Crippen molar-refractivity contribution >= 4 is 15.9 Å². The van der Waals surface area contributed by atoms with Gasteiger partial charge in [-0.25, -0.2) is 0 Å². The molecule has 100 valence electrons. The Morgan fingerprint density at radius 2 is 2.00 bits per heavy atom. The smallest absolute Gasteiger partial charge is 0.231 e. The molecule has 1 aromatic carbocycles. The van der Waals surface area contributed by atoms with Crippen LogP contribution in [-0.4, -0.2) is 11.9 Å². The van der Waals surface area contributed by atoms with Gasteiger partial charge in [-0.05, 0) is 24.6 Å². The van der Waals surface area contributed by atoms with Crippen LogP contribution in [0.3, 0.4) is 0 Å². The van der Waals surface area contributed by atoms with E-state index in [1.165, 1.54) is 0 Å². The first-order chi connectivity index (χ1) is 9.22. The summed E-state index contributed by atoms with van der Waals surface area (Å²) in [5, 5.41) is 7.25. The zero-order valence-electron chi connectivity index (χ0n) is 10.4. The fourth-order valence-electron chi connectivity index (χ4n) is 1.92. The highest BCUT2D eigenvalue weighted by atomic mass is 79.9. The summed E-state index contributed by atoms with van der Waals surface area (Å²) in [6, 6.07) is 5.83. The number of fused-ring (bicyclic) bond motifs is 1. The lowest BCUT2D eigenvalue weighted by Gasteiger charge is -2.07. The topological polar surface area (TPSA) is 56.5 Å². The van der Waals surface area contributed by atoms with Gasteiger partial charge >= 0.3 is 0 Å². The molecule has 0 saturated heterocycles. The Balaban J connectivity index is 1.64. The van der Waals surface area contributed by atoms with Crippen LogP contribution in [-0.2, 0) is 13.1 Å². The predicted octanol–water partition coefficient (Wildman–Crippen LogP) is 2.76. The van der Waals surface area contributed by atoms with Gasteiger partial charge in [-0.15, -0.1) is 0 Å². The van der Waals surface area contributed by atoms with Crippen molar-refractivity contribution in [3.63, 3.8) is 0 Å². The number of aryl methyl sites for hydroxylation is 1. The van der Waals surface area contributed by atoms with E-state index in [1.54, 1.807) is 0 Å². The summed E-state index contributed by atoms with van der Waals surface area (Å²) in [6.07, 6.45) is 0. The largest absolute Gasteiger partial charge is 0.454 e. The van der Waals surface area contributed by atoms with Crippen LogP contribution in [0.15, 0.2) is 27.2 Å². The minimum Gasteiger partial charge on any atom is -0.454 e. The summed E-state index contributed by atoms with van der Waals surface area (Å²) in [7, 11) is 0. The average molecular weight is 325 g/mol. The van der Waals surface area contributed by atoms with Crippen LogP contribution in [0.4, 0.5) is 0 Å². The number of ether oxygens (including phenoxy) is 2. The van der Waals surface area contributed by atoms with E-state index >= 15 is 0 Å². The van der Waals surface area contributed by atoms with Gasteiger partial charge in [0, 0.05) is 23.6 Å². The zero-order chi connectivity index (χ0) is 13.2. The number of aromatic nitrogens is 1. The number of nitrogens with zero attached hydrogens (tertiary/aromatic N) is 1. The molecule has 3 rings (SSSR count). The summed E-state index contributed by atoms with van der Waals surface area (Å²) in [4.78, 5) is 0. The molecule has 0 bridgehead atoms. The highest BCUT2D eigenvalue weighted by Gasteiger charge is 2.16. The third-order valence-electron chi connectivity index (χ3n) is 2.84. The minimum atomic E-state index is 0.289. The first-order valence-corrected chi connectivity index (χ1v) is 6.72. The number of benzene rings is 1. The molecule has 0 fully saturated rings. The van der Waals surface area contributed by atoms with Crippen LogP contribution in [0.25, 0.3) is 0 Å². The van der Waals surface area contributed by atoms with Gasteiger partial charge in [-0.1, -0.05) is 21.1 Å². The maximum Gasteiger partial charge on any atom is 0.231 e. The Morgan fingerprint density at radius 3 is 2.74 bits per heavy atom. The molecule has 0 radical (unpaired) electrons. The van der Waals surface area contributed by atoms with Gasteiger partial charge in [-0.3, -0.25) is 0 Å². The highest BCUT2D eigenvalue weighted by molar-refractivity contribution is 9.10. The van der Waals surface area contributed by atoms with E-state index in [4.69, 9.17) is 14.0 Å². The molecule has 0 atom stereocenters. The molecule has 2 heterocycles. The van der Waals surface area contributed by atoms with Gasteiger partial charge < -0.3 is 19.3 Å². The first-order valence-electron chi connectivity index (χ1n) is 5.93. The molecule has 0 unspecified atom stereocenters. The summed E-state index contributed by atoms with van der Waals surface area (Å²) in [5.41, 5.74) is 2.01. The molecule has 0 amide bonds. The van der Waals surface area contributed by atoms with Crippen molar-refractivity contribution in [2.75, 3.05) is 6.79 Å². The van der Waals surface area contributed by atoms with Gasteiger partial charge in [0.05, 0.1) is 5.69 Å². The molecule has 0 aliphatic carbocycles. The molecule has 1 aromatic heterocycles. The van der Waals surface area contributed by atoms with E-state index < -0.39 is 0 Å². The van der Waals surface area contributed by atoms with E-state index in [1.807, 2.05) is 25.1 Å². The third kappa shape index (κ3) is 2.74.